The van der Waals surface area contributed by atoms with Gasteiger partial charge in [0.05, 0.1) is 6.04 Å². The Bertz CT molecular complexity index is 496. The first kappa shape index (κ1) is 13.9. The third kappa shape index (κ3) is 2.32. The minimum Gasteiger partial charge on any atom is -0.332 e. The summed E-state index contributed by atoms with van der Waals surface area (Å²) in [5.41, 5.74) is 6.05. The maximum Gasteiger partial charge on any atom is 0.225 e. The van der Waals surface area contributed by atoms with Crippen molar-refractivity contribution in [1.29, 1.82) is 0 Å². The van der Waals surface area contributed by atoms with E-state index in [1.807, 2.05) is 0 Å². The van der Waals surface area contributed by atoms with Gasteiger partial charge in [-0.1, -0.05) is 0 Å². The topological polar surface area (TPSA) is 46.3 Å². The third-order valence-corrected chi connectivity index (χ3v) is 3.31. The molecule has 1 saturated heterocycles. The largest absolute Gasteiger partial charge is 0.332 e. The van der Waals surface area contributed by atoms with E-state index in [1.165, 1.54) is 4.90 Å². The third-order valence-electron chi connectivity index (χ3n) is 3.31. The van der Waals surface area contributed by atoms with Gasteiger partial charge in [0.2, 0.25) is 5.91 Å². The molecule has 1 aliphatic rings. The summed E-state index contributed by atoms with van der Waals surface area (Å²) >= 11 is 0. The van der Waals surface area contributed by atoms with E-state index >= 15 is 0 Å². The van der Waals surface area contributed by atoms with Crippen LogP contribution in [0.3, 0.4) is 0 Å². The van der Waals surface area contributed by atoms with Crippen molar-refractivity contribution in [2.75, 3.05) is 0 Å². The molecule has 1 fully saturated rings. The van der Waals surface area contributed by atoms with Gasteiger partial charge in [-0.25, -0.2) is 13.2 Å². The average Bonchev–Trinajstić information content (AvgIpc) is 2.60. The second-order valence-corrected chi connectivity index (χ2v) is 5.01. The van der Waals surface area contributed by atoms with Crippen LogP contribution >= 0.6 is 0 Å². The highest BCUT2D eigenvalue weighted by atomic mass is 19.2. The molecule has 104 valence electrons. The van der Waals surface area contributed by atoms with Crippen molar-refractivity contribution in [3.8, 4) is 0 Å². The smallest absolute Gasteiger partial charge is 0.225 e. The molecule has 0 aromatic heterocycles. The fourth-order valence-electron chi connectivity index (χ4n) is 2.54. The summed E-state index contributed by atoms with van der Waals surface area (Å²) in [6.45, 7) is 3.58. The summed E-state index contributed by atoms with van der Waals surface area (Å²) < 4.78 is 39.5. The van der Waals surface area contributed by atoms with E-state index in [0.717, 1.165) is 12.1 Å². The van der Waals surface area contributed by atoms with Crippen molar-refractivity contribution < 1.29 is 18.0 Å². The number of carbonyl (C=O) groups excluding carboxylic acids is 1. The lowest BCUT2D eigenvalue weighted by Crippen LogP contribution is -2.37. The summed E-state index contributed by atoms with van der Waals surface area (Å²) in [7, 11) is 0. The van der Waals surface area contributed by atoms with E-state index < -0.39 is 29.5 Å². The lowest BCUT2D eigenvalue weighted by molar-refractivity contribution is -0.130. The van der Waals surface area contributed by atoms with Crippen LogP contribution in [0, 0.1) is 17.5 Å². The first-order valence-electron chi connectivity index (χ1n) is 6.04. The monoisotopic (exact) mass is 272 g/mol. The Morgan fingerprint density at radius 3 is 2.26 bits per heavy atom. The van der Waals surface area contributed by atoms with Gasteiger partial charge in [0.25, 0.3) is 0 Å². The Hall–Kier alpha value is -1.56. The van der Waals surface area contributed by atoms with Crippen LogP contribution in [0.2, 0.25) is 0 Å². The van der Waals surface area contributed by atoms with Crippen LogP contribution in [0.25, 0.3) is 0 Å². The summed E-state index contributed by atoms with van der Waals surface area (Å²) in [5, 5.41) is 0. The minimum atomic E-state index is -1.52. The second kappa shape index (κ2) is 4.85. The highest BCUT2D eigenvalue weighted by molar-refractivity contribution is 5.80. The zero-order valence-corrected chi connectivity index (χ0v) is 10.7. The van der Waals surface area contributed by atoms with Gasteiger partial charge in [-0.2, -0.15) is 0 Å². The molecule has 3 nitrogen and oxygen atoms in total. The number of likely N-dealkylation sites (tertiary alicyclic amines) is 1. The van der Waals surface area contributed by atoms with Gasteiger partial charge >= 0.3 is 0 Å². The van der Waals surface area contributed by atoms with E-state index in [2.05, 4.69) is 0 Å². The fraction of sp³-hybridized carbons (Fsp3) is 0.462. The van der Waals surface area contributed by atoms with Gasteiger partial charge in [0, 0.05) is 18.5 Å². The molecule has 1 heterocycles. The molecule has 1 aromatic rings. The Labute approximate surface area is 109 Å². The molecule has 1 aliphatic heterocycles. The normalized spacial score (nSPS) is 23.5. The Kier molecular flexibility index (Phi) is 3.54. The average molecular weight is 272 g/mol. The van der Waals surface area contributed by atoms with E-state index in [0.29, 0.717) is 0 Å². The number of nitrogens with zero attached hydrogens (tertiary/aromatic N) is 1. The van der Waals surface area contributed by atoms with Crippen LogP contribution in [0.5, 0.6) is 0 Å². The Balaban J connectivity index is 2.47. The molecule has 0 radical (unpaired) electrons. The molecule has 2 rings (SSSR count). The molecule has 0 bridgehead atoms. The van der Waals surface area contributed by atoms with Crippen LogP contribution < -0.4 is 5.73 Å². The predicted molar refractivity (Wildman–Crippen MR) is 63.6 cm³/mol. The molecule has 2 unspecified atom stereocenters. The Morgan fingerprint density at radius 2 is 1.79 bits per heavy atom. The molecule has 1 amide bonds. The number of carbonyl (C=O) groups is 1. The zero-order valence-electron chi connectivity index (χ0n) is 10.7. The van der Waals surface area contributed by atoms with Crippen molar-refractivity contribution >= 4 is 5.91 Å². The van der Waals surface area contributed by atoms with Crippen molar-refractivity contribution in [3.63, 3.8) is 0 Å². The predicted octanol–water partition coefficient (Wildman–Crippen LogP) is 2.11. The lowest BCUT2D eigenvalue weighted by Gasteiger charge is -2.30. The molecule has 2 N–H and O–H groups in total. The van der Waals surface area contributed by atoms with Crippen LogP contribution in [0.15, 0.2) is 12.1 Å². The van der Waals surface area contributed by atoms with E-state index in [9.17, 15) is 18.0 Å². The summed E-state index contributed by atoms with van der Waals surface area (Å²) in [4.78, 5) is 13.3. The summed E-state index contributed by atoms with van der Waals surface area (Å²) in [5.74, 6) is -4.23. The molecular weight excluding hydrogens is 257 g/mol. The van der Waals surface area contributed by atoms with Gasteiger partial charge in [-0.3, -0.25) is 4.79 Å². The highest BCUT2D eigenvalue weighted by Gasteiger charge is 2.40. The van der Waals surface area contributed by atoms with Gasteiger partial charge in [-0.05, 0) is 31.5 Å². The standard InChI is InChI=1S/C13H15F3N2O/c1-6(2)18-11(19)5-10(17)13(18)7-3-8(14)12(16)9(15)4-7/h3-4,6,10,13H,5,17H2,1-2H3. The number of amides is 1. The number of nitrogens with two attached hydrogens (primary N) is 1. The quantitative estimate of drug-likeness (QED) is 0.838. The molecule has 19 heavy (non-hydrogen) atoms. The molecule has 1 aromatic carbocycles. The van der Waals surface area contributed by atoms with Crippen molar-refractivity contribution in [3.05, 3.63) is 35.1 Å². The SMILES string of the molecule is CC(C)N1C(=O)CC(N)C1c1cc(F)c(F)c(F)c1. The number of halogens is 3. The highest BCUT2D eigenvalue weighted by Crippen LogP contribution is 2.34. The van der Waals surface area contributed by atoms with Crippen LogP contribution in [0.4, 0.5) is 13.2 Å². The number of rotatable bonds is 2. The van der Waals surface area contributed by atoms with Gasteiger partial charge < -0.3 is 10.6 Å². The van der Waals surface area contributed by atoms with E-state index in [-0.39, 0.29) is 23.9 Å². The van der Waals surface area contributed by atoms with Crippen LogP contribution in [-0.2, 0) is 4.79 Å². The summed E-state index contributed by atoms with van der Waals surface area (Å²) in [6.07, 6.45) is 0.115. The second-order valence-electron chi connectivity index (χ2n) is 5.01. The van der Waals surface area contributed by atoms with E-state index in [4.69, 9.17) is 5.73 Å². The fourth-order valence-corrected chi connectivity index (χ4v) is 2.54. The van der Waals surface area contributed by atoms with Gasteiger partial charge in [0.15, 0.2) is 17.5 Å². The Morgan fingerprint density at radius 1 is 1.26 bits per heavy atom. The molecular formula is C13H15F3N2O. The van der Waals surface area contributed by atoms with Gasteiger partial charge in [0.1, 0.15) is 0 Å². The minimum absolute atomic E-state index is 0.115. The first-order valence-corrected chi connectivity index (χ1v) is 6.04. The number of benzene rings is 1. The van der Waals surface area contributed by atoms with E-state index in [1.54, 1.807) is 13.8 Å². The van der Waals surface area contributed by atoms with Gasteiger partial charge in [-0.15, -0.1) is 0 Å². The van der Waals surface area contributed by atoms with Crippen LogP contribution in [0.1, 0.15) is 31.9 Å². The molecule has 0 spiro atoms. The number of hydrogen-bond donors (Lipinski definition) is 1. The van der Waals surface area contributed by atoms with Crippen molar-refractivity contribution in [2.45, 2.75) is 38.4 Å². The maximum atomic E-state index is 13.3. The molecule has 6 heteroatoms. The number of hydrogen-bond acceptors (Lipinski definition) is 2. The lowest BCUT2D eigenvalue weighted by atomic mass is 9.99. The molecule has 0 aliphatic carbocycles. The molecule has 2 atom stereocenters. The van der Waals surface area contributed by atoms with Crippen molar-refractivity contribution in [2.24, 2.45) is 5.73 Å². The zero-order chi connectivity index (χ0) is 14.3. The molecule has 0 saturated carbocycles. The van der Waals surface area contributed by atoms with Crippen molar-refractivity contribution in [1.82, 2.24) is 4.90 Å². The van der Waals surface area contributed by atoms with Crippen LogP contribution in [-0.4, -0.2) is 22.9 Å². The first-order chi connectivity index (χ1) is 8.82. The maximum absolute atomic E-state index is 13.3. The summed E-state index contributed by atoms with van der Waals surface area (Å²) in [6, 6.07) is 0.465.